The monoisotopic (exact) mass is 750 g/mol. The van der Waals surface area contributed by atoms with Crippen LogP contribution in [-0.2, 0) is 0 Å². The fourth-order valence-electron chi connectivity index (χ4n) is 9.09. The summed E-state index contributed by atoms with van der Waals surface area (Å²) in [5.41, 5.74) is 8.49. The number of rotatable bonds is 5. The lowest BCUT2D eigenvalue weighted by Gasteiger charge is -2.20. The minimum atomic E-state index is 0.626. The first-order chi connectivity index (χ1) is 29.3. The smallest absolute Gasteiger partial charge is 0.164 e. The second kappa shape index (κ2) is 13.3. The zero-order valence-electron chi connectivity index (χ0n) is 31.9. The maximum absolute atomic E-state index is 5.37. The number of fused-ring (bicyclic) bond motifs is 8. The van der Waals surface area contributed by atoms with Gasteiger partial charge in [-0.3, -0.25) is 0 Å². The van der Waals surface area contributed by atoms with Crippen LogP contribution in [0.15, 0.2) is 206 Å². The van der Waals surface area contributed by atoms with Crippen molar-refractivity contribution in [1.82, 2.24) is 19.5 Å². The summed E-state index contributed by atoms with van der Waals surface area (Å²) in [7, 11) is 0. The van der Waals surface area contributed by atoms with Crippen LogP contribution < -0.4 is 0 Å². The summed E-state index contributed by atoms with van der Waals surface area (Å²) in [5.74, 6) is 1.90. The van der Waals surface area contributed by atoms with E-state index in [2.05, 4.69) is 193 Å². The molecule has 59 heavy (non-hydrogen) atoms. The van der Waals surface area contributed by atoms with E-state index in [4.69, 9.17) is 15.0 Å². The van der Waals surface area contributed by atoms with Crippen LogP contribution in [0.5, 0.6) is 0 Å². The number of nitrogens with zero attached hydrogens (tertiary/aromatic N) is 4. The first-order valence-electron chi connectivity index (χ1n) is 20.0. The molecule has 0 amide bonds. The maximum atomic E-state index is 5.37. The second-order valence-electron chi connectivity index (χ2n) is 15.2. The fraction of sp³-hybridized carbons (Fsp3) is 0. The van der Waals surface area contributed by atoms with Crippen LogP contribution in [0.4, 0.5) is 0 Å². The second-order valence-corrected chi connectivity index (χ2v) is 15.2. The molecule has 0 radical (unpaired) electrons. The first-order valence-corrected chi connectivity index (χ1v) is 20.0. The quantitative estimate of drug-likeness (QED) is 0.176. The Morgan fingerprint density at radius 1 is 0.288 bits per heavy atom. The molecular formula is C55H34N4. The molecule has 4 nitrogen and oxygen atoms in total. The molecule has 0 saturated carbocycles. The van der Waals surface area contributed by atoms with Gasteiger partial charge in [-0.05, 0) is 67.5 Å². The van der Waals surface area contributed by atoms with Crippen molar-refractivity contribution in [3.63, 3.8) is 0 Å². The highest BCUT2D eigenvalue weighted by atomic mass is 15.0. The van der Waals surface area contributed by atoms with Gasteiger partial charge in [0.05, 0.1) is 16.7 Å². The van der Waals surface area contributed by atoms with Crippen molar-refractivity contribution >= 4 is 64.9 Å². The van der Waals surface area contributed by atoms with Crippen LogP contribution in [0.25, 0.3) is 116 Å². The largest absolute Gasteiger partial charge is 0.308 e. The van der Waals surface area contributed by atoms with Gasteiger partial charge in [0.15, 0.2) is 17.5 Å². The molecular weight excluding hydrogens is 717 g/mol. The summed E-state index contributed by atoms with van der Waals surface area (Å²) in [5, 5.41) is 11.8. The number of benzene rings is 10. The molecule has 2 heterocycles. The van der Waals surface area contributed by atoms with E-state index in [-0.39, 0.29) is 0 Å². The first kappa shape index (κ1) is 33.2. The fourth-order valence-corrected chi connectivity index (χ4v) is 9.09. The third-order valence-corrected chi connectivity index (χ3v) is 11.8. The van der Waals surface area contributed by atoms with Gasteiger partial charge in [0.1, 0.15) is 0 Å². The van der Waals surface area contributed by atoms with Crippen molar-refractivity contribution in [2.45, 2.75) is 0 Å². The van der Waals surface area contributed by atoms with E-state index < -0.39 is 0 Å². The summed E-state index contributed by atoms with van der Waals surface area (Å²) in [6.07, 6.45) is 0. The predicted molar refractivity (Wildman–Crippen MR) is 246 cm³/mol. The van der Waals surface area contributed by atoms with Crippen molar-refractivity contribution in [2.75, 3.05) is 0 Å². The zero-order valence-corrected chi connectivity index (χ0v) is 31.9. The standard InChI is InChI=1S/C55H34N4/c1-3-16-36(17-4-1)46-34-47(55-57-53(38-20-5-2-6-21-38)56-54(58-55)45-29-15-24-35-18-9-11-25-41(35)45)43-27-13-14-28-44(43)52(46)59-49-31-30-37-19-10-12-26-42(37)51(49)48-32-39-22-7-8-23-40(39)33-50(48)59/h1-34H. The molecule has 0 unspecified atom stereocenters. The molecule has 10 aromatic carbocycles. The van der Waals surface area contributed by atoms with E-state index in [1.165, 1.54) is 32.3 Å². The minimum absolute atomic E-state index is 0.626. The topological polar surface area (TPSA) is 43.6 Å². The van der Waals surface area contributed by atoms with E-state index in [0.717, 1.165) is 66.1 Å². The van der Waals surface area contributed by atoms with Gasteiger partial charge in [0.25, 0.3) is 0 Å². The van der Waals surface area contributed by atoms with Crippen LogP contribution >= 0.6 is 0 Å². The molecule has 0 bridgehead atoms. The summed E-state index contributed by atoms with van der Waals surface area (Å²) in [4.78, 5) is 15.8. The molecule has 4 heteroatoms. The van der Waals surface area contributed by atoms with Crippen molar-refractivity contribution < 1.29 is 0 Å². The highest BCUT2D eigenvalue weighted by Gasteiger charge is 2.24. The number of hydrogen-bond donors (Lipinski definition) is 0. The lowest BCUT2D eigenvalue weighted by atomic mass is 9.93. The van der Waals surface area contributed by atoms with E-state index in [1.807, 2.05) is 18.2 Å². The highest BCUT2D eigenvalue weighted by molar-refractivity contribution is 6.24. The van der Waals surface area contributed by atoms with Crippen LogP contribution in [-0.4, -0.2) is 19.5 Å². The van der Waals surface area contributed by atoms with Gasteiger partial charge in [0, 0.05) is 38.4 Å². The van der Waals surface area contributed by atoms with Gasteiger partial charge >= 0.3 is 0 Å². The van der Waals surface area contributed by atoms with Crippen molar-refractivity contribution in [2.24, 2.45) is 0 Å². The summed E-state index contributed by atoms with van der Waals surface area (Å²) in [6.45, 7) is 0. The summed E-state index contributed by atoms with van der Waals surface area (Å²) in [6, 6.07) is 73.5. The van der Waals surface area contributed by atoms with E-state index in [0.29, 0.717) is 17.5 Å². The summed E-state index contributed by atoms with van der Waals surface area (Å²) >= 11 is 0. The molecule has 274 valence electrons. The van der Waals surface area contributed by atoms with Gasteiger partial charge in [0.2, 0.25) is 0 Å². The Bertz CT molecular complexity index is 3600. The van der Waals surface area contributed by atoms with Crippen LogP contribution in [0, 0.1) is 0 Å². The summed E-state index contributed by atoms with van der Waals surface area (Å²) < 4.78 is 2.50. The molecule has 0 saturated heterocycles. The average molecular weight is 751 g/mol. The molecule has 0 fully saturated rings. The maximum Gasteiger partial charge on any atom is 0.164 e. The van der Waals surface area contributed by atoms with Crippen LogP contribution in [0.1, 0.15) is 0 Å². The van der Waals surface area contributed by atoms with Gasteiger partial charge in [-0.25, -0.2) is 15.0 Å². The minimum Gasteiger partial charge on any atom is -0.308 e. The normalized spacial score (nSPS) is 11.7. The van der Waals surface area contributed by atoms with Crippen LogP contribution in [0.2, 0.25) is 0 Å². The van der Waals surface area contributed by atoms with Crippen molar-refractivity contribution in [3.8, 4) is 51.0 Å². The number of hydrogen-bond acceptors (Lipinski definition) is 3. The Hall–Kier alpha value is -7.95. The van der Waals surface area contributed by atoms with Gasteiger partial charge in [-0.15, -0.1) is 0 Å². The zero-order chi connectivity index (χ0) is 38.9. The third kappa shape index (κ3) is 5.34. The Morgan fingerprint density at radius 3 is 1.58 bits per heavy atom. The van der Waals surface area contributed by atoms with E-state index >= 15 is 0 Å². The van der Waals surface area contributed by atoms with Gasteiger partial charge < -0.3 is 4.57 Å². The average Bonchev–Trinajstić information content (AvgIpc) is 3.63. The van der Waals surface area contributed by atoms with Crippen molar-refractivity contribution in [3.05, 3.63) is 206 Å². The lowest BCUT2D eigenvalue weighted by Crippen LogP contribution is -2.03. The Balaban J connectivity index is 1.22. The molecule has 12 aromatic rings. The SMILES string of the molecule is c1ccc(-c2nc(-c3cccc4ccccc34)nc(-c3cc(-c4ccccc4)c(-n4c5cc6ccccc6cc5c5c6ccccc6ccc54)c4ccccc34)n2)cc1. The molecule has 2 aromatic heterocycles. The highest BCUT2D eigenvalue weighted by Crippen LogP contribution is 2.45. The lowest BCUT2D eigenvalue weighted by molar-refractivity contribution is 1.08. The molecule has 0 atom stereocenters. The molecule has 12 rings (SSSR count). The molecule has 0 N–H and O–H groups in total. The van der Waals surface area contributed by atoms with Crippen LogP contribution in [0.3, 0.4) is 0 Å². The Kier molecular flexibility index (Phi) is 7.50. The Morgan fingerprint density at radius 2 is 0.831 bits per heavy atom. The molecule has 0 aliphatic heterocycles. The molecule has 0 aliphatic rings. The molecule has 0 spiro atoms. The van der Waals surface area contributed by atoms with E-state index in [9.17, 15) is 0 Å². The van der Waals surface area contributed by atoms with Crippen molar-refractivity contribution in [1.29, 1.82) is 0 Å². The van der Waals surface area contributed by atoms with Gasteiger partial charge in [-0.2, -0.15) is 0 Å². The predicted octanol–water partition coefficient (Wildman–Crippen LogP) is 14.2. The number of aromatic nitrogens is 4. The van der Waals surface area contributed by atoms with E-state index in [1.54, 1.807) is 0 Å². The van der Waals surface area contributed by atoms with Gasteiger partial charge in [-0.1, -0.05) is 182 Å². The molecule has 0 aliphatic carbocycles. The third-order valence-electron chi connectivity index (χ3n) is 11.8. The Labute approximate surface area is 340 Å².